The maximum Gasteiger partial charge on any atom is 0.358 e. The van der Waals surface area contributed by atoms with E-state index < -0.39 is 5.97 Å². The number of rotatable bonds is 4. The Morgan fingerprint density at radius 3 is 2.94 bits per heavy atom. The van der Waals surface area contributed by atoms with Crippen molar-refractivity contribution in [2.45, 2.75) is 25.7 Å². The van der Waals surface area contributed by atoms with Gasteiger partial charge in [-0.05, 0) is 30.2 Å². The molecule has 1 aliphatic carbocycles. The van der Waals surface area contributed by atoms with Gasteiger partial charge in [0.1, 0.15) is 5.76 Å². The van der Waals surface area contributed by atoms with Crippen LogP contribution < -0.4 is 0 Å². The molecule has 0 bridgehead atoms. The third-order valence-corrected chi connectivity index (χ3v) is 4.19. The van der Waals surface area contributed by atoms with Gasteiger partial charge in [-0.15, -0.1) is 11.3 Å². The van der Waals surface area contributed by atoms with Crippen molar-refractivity contribution in [1.29, 1.82) is 0 Å². The molecule has 0 amide bonds. The summed E-state index contributed by atoms with van der Waals surface area (Å²) in [6.45, 7) is 2.02. The summed E-state index contributed by atoms with van der Waals surface area (Å²) >= 11 is 1.50. The van der Waals surface area contributed by atoms with E-state index in [1.54, 1.807) is 0 Å². The number of nitrogens with zero attached hydrogens (tertiary/aromatic N) is 1. The van der Waals surface area contributed by atoms with E-state index in [4.69, 9.17) is 4.42 Å². The highest BCUT2D eigenvalue weighted by atomic mass is 32.1. The third kappa shape index (κ3) is 1.95. The molecule has 18 heavy (non-hydrogen) atoms. The minimum atomic E-state index is -1.01. The Hall–Kier alpha value is -1.62. The Kier molecular flexibility index (Phi) is 2.70. The van der Waals surface area contributed by atoms with Crippen LogP contribution in [0.4, 0.5) is 0 Å². The van der Waals surface area contributed by atoms with Crippen LogP contribution in [-0.4, -0.2) is 16.1 Å². The van der Waals surface area contributed by atoms with Crippen LogP contribution in [0.2, 0.25) is 0 Å². The van der Waals surface area contributed by atoms with Gasteiger partial charge >= 0.3 is 5.97 Å². The zero-order valence-corrected chi connectivity index (χ0v) is 10.7. The van der Waals surface area contributed by atoms with Gasteiger partial charge in [0.25, 0.3) is 0 Å². The van der Waals surface area contributed by atoms with Crippen molar-refractivity contribution in [3.63, 3.8) is 0 Å². The summed E-state index contributed by atoms with van der Waals surface area (Å²) in [6.07, 6.45) is 2.30. The fraction of sp³-hybridized carbons (Fsp3) is 0.385. The number of aromatic nitrogens is 1. The van der Waals surface area contributed by atoms with Gasteiger partial charge in [0, 0.05) is 5.92 Å². The van der Waals surface area contributed by atoms with Gasteiger partial charge in [-0.2, -0.15) is 0 Å². The molecule has 0 spiro atoms. The number of oxazole rings is 1. The smallest absolute Gasteiger partial charge is 0.358 e. The second kappa shape index (κ2) is 4.24. The summed E-state index contributed by atoms with van der Waals surface area (Å²) in [5.74, 6) is 0.618. The second-order valence-corrected chi connectivity index (χ2v) is 5.59. The first-order valence-corrected chi connectivity index (χ1v) is 6.82. The van der Waals surface area contributed by atoms with Gasteiger partial charge in [0.2, 0.25) is 5.89 Å². The van der Waals surface area contributed by atoms with Gasteiger partial charge in [-0.1, -0.05) is 13.0 Å². The average Bonchev–Trinajstić information content (AvgIpc) is 2.90. The number of hydrogen-bond acceptors (Lipinski definition) is 4. The predicted octanol–water partition coefficient (Wildman–Crippen LogP) is 3.61. The van der Waals surface area contributed by atoms with Gasteiger partial charge in [0.05, 0.1) is 4.88 Å². The largest absolute Gasteiger partial charge is 0.476 e. The van der Waals surface area contributed by atoms with E-state index in [2.05, 4.69) is 4.98 Å². The Balaban J connectivity index is 2.03. The molecule has 1 fully saturated rings. The number of carboxylic acid groups (broad SMARTS) is 1. The fourth-order valence-corrected chi connectivity index (χ4v) is 2.76. The molecule has 0 saturated heterocycles. The second-order valence-electron chi connectivity index (χ2n) is 4.64. The summed E-state index contributed by atoms with van der Waals surface area (Å²) in [7, 11) is 0. The zero-order chi connectivity index (χ0) is 12.7. The molecule has 1 unspecified atom stereocenters. The van der Waals surface area contributed by atoms with E-state index in [-0.39, 0.29) is 11.6 Å². The number of thiophene rings is 1. The van der Waals surface area contributed by atoms with Crippen molar-refractivity contribution in [1.82, 2.24) is 4.98 Å². The van der Waals surface area contributed by atoms with E-state index in [1.807, 2.05) is 24.4 Å². The van der Waals surface area contributed by atoms with E-state index in [1.165, 1.54) is 11.3 Å². The van der Waals surface area contributed by atoms with Gasteiger partial charge in [-0.25, -0.2) is 9.78 Å². The molecule has 4 nitrogen and oxygen atoms in total. The minimum Gasteiger partial charge on any atom is -0.476 e. The van der Waals surface area contributed by atoms with Crippen LogP contribution in [0.3, 0.4) is 0 Å². The van der Waals surface area contributed by atoms with Crippen molar-refractivity contribution in [2.75, 3.05) is 0 Å². The molecule has 1 N–H and O–H groups in total. The first kappa shape index (κ1) is 11.5. The van der Waals surface area contributed by atoms with Crippen LogP contribution >= 0.6 is 11.3 Å². The molecule has 5 heteroatoms. The average molecular weight is 263 g/mol. The lowest BCUT2D eigenvalue weighted by molar-refractivity contribution is 0.0688. The van der Waals surface area contributed by atoms with Crippen LogP contribution in [0.1, 0.15) is 41.9 Å². The standard InChI is InChI=1S/C13H13NO3S/c1-7(8-4-5-8)11-10(13(15)16)14-12(17-11)9-3-2-6-18-9/h2-3,6-8H,4-5H2,1H3,(H,15,16). The van der Waals surface area contributed by atoms with Crippen molar-refractivity contribution < 1.29 is 14.3 Å². The molecule has 1 aliphatic rings. The number of aromatic carboxylic acids is 1. The Morgan fingerprint density at radius 2 is 2.39 bits per heavy atom. The van der Waals surface area contributed by atoms with Gasteiger partial charge in [-0.3, -0.25) is 0 Å². The SMILES string of the molecule is CC(c1oc(-c2cccs2)nc1C(=O)O)C1CC1. The van der Waals surface area contributed by atoms with Crippen molar-refractivity contribution >= 4 is 17.3 Å². The highest BCUT2D eigenvalue weighted by Crippen LogP contribution is 2.44. The minimum absolute atomic E-state index is 0.0674. The first-order valence-electron chi connectivity index (χ1n) is 5.94. The topological polar surface area (TPSA) is 63.3 Å². The van der Waals surface area contributed by atoms with E-state index >= 15 is 0 Å². The lowest BCUT2D eigenvalue weighted by Crippen LogP contribution is -2.05. The van der Waals surface area contributed by atoms with E-state index in [0.29, 0.717) is 17.6 Å². The molecular weight excluding hydrogens is 250 g/mol. The van der Waals surface area contributed by atoms with Crippen LogP contribution in [0, 0.1) is 5.92 Å². The molecule has 0 aromatic carbocycles. The maximum atomic E-state index is 11.2. The van der Waals surface area contributed by atoms with Crippen LogP contribution in [0.25, 0.3) is 10.8 Å². The van der Waals surface area contributed by atoms with Crippen LogP contribution in [0.15, 0.2) is 21.9 Å². The Bertz CT molecular complexity index is 569. The quantitative estimate of drug-likeness (QED) is 0.915. The third-order valence-electron chi connectivity index (χ3n) is 3.33. The summed E-state index contributed by atoms with van der Waals surface area (Å²) in [4.78, 5) is 16.2. The van der Waals surface area contributed by atoms with Crippen molar-refractivity contribution in [2.24, 2.45) is 5.92 Å². The monoisotopic (exact) mass is 263 g/mol. The molecule has 2 heterocycles. The van der Waals surface area contributed by atoms with E-state index in [0.717, 1.165) is 17.7 Å². The lowest BCUT2D eigenvalue weighted by Gasteiger charge is -2.05. The molecule has 2 aromatic heterocycles. The van der Waals surface area contributed by atoms with Gasteiger partial charge < -0.3 is 9.52 Å². The zero-order valence-electron chi connectivity index (χ0n) is 9.92. The highest BCUT2D eigenvalue weighted by molar-refractivity contribution is 7.13. The fourth-order valence-electron chi connectivity index (χ4n) is 2.11. The number of carboxylic acids is 1. The molecular formula is C13H13NO3S. The summed E-state index contributed by atoms with van der Waals surface area (Å²) < 4.78 is 5.70. The van der Waals surface area contributed by atoms with E-state index in [9.17, 15) is 9.90 Å². The Labute approximate surface area is 108 Å². The van der Waals surface area contributed by atoms with Crippen LogP contribution in [-0.2, 0) is 0 Å². The molecule has 2 aromatic rings. The Morgan fingerprint density at radius 1 is 1.61 bits per heavy atom. The van der Waals surface area contributed by atoms with Crippen LogP contribution in [0.5, 0.6) is 0 Å². The maximum absolute atomic E-state index is 11.2. The first-order chi connectivity index (χ1) is 8.66. The van der Waals surface area contributed by atoms with Gasteiger partial charge in [0.15, 0.2) is 5.69 Å². The van der Waals surface area contributed by atoms with Crippen molar-refractivity contribution in [3.05, 3.63) is 29.0 Å². The molecule has 1 atom stereocenters. The molecule has 0 radical (unpaired) electrons. The summed E-state index contributed by atoms with van der Waals surface area (Å²) in [5.41, 5.74) is 0.0674. The molecule has 1 saturated carbocycles. The summed E-state index contributed by atoms with van der Waals surface area (Å²) in [5, 5.41) is 11.1. The highest BCUT2D eigenvalue weighted by Gasteiger charge is 2.35. The van der Waals surface area contributed by atoms with Crippen molar-refractivity contribution in [3.8, 4) is 10.8 Å². The molecule has 0 aliphatic heterocycles. The lowest BCUT2D eigenvalue weighted by atomic mass is 10.0. The number of carbonyl (C=O) groups is 1. The number of hydrogen-bond donors (Lipinski definition) is 1. The normalized spacial score (nSPS) is 16.7. The molecule has 3 rings (SSSR count). The predicted molar refractivity (Wildman–Crippen MR) is 67.9 cm³/mol. The summed E-state index contributed by atoms with van der Waals surface area (Å²) in [6, 6.07) is 3.78. The molecule has 94 valence electrons.